The third-order valence-electron chi connectivity index (χ3n) is 2.04. The van der Waals surface area contributed by atoms with Crippen molar-refractivity contribution in [2.45, 2.75) is 6.18 Å². The first kappa shape index (κ1) is 11.2. The van der Waals surface area contributed by atoms with Crippen LogP contribution in [0.3, 0.4) is 0 Å². The Morgan fingerprint density at radius 3 is 2.56 bits per heavy atom. The third-order valence-corrected chi connectivity index (χ3v) is 2.54. The van der Waals surface area contributed by atoms with Crippen LogP contribution in [-0.2, 0) is 6.18 Å². The largest absolute Gasteiger partial charge is 0.463 e. The number of fused-ring (bicyclic) bond motifs is 1. The van der Waals surface area contributed by atoms with E-state index in [0.29, 0.717) is 10.7 Å². The topological polar surface area (TPSA) is 30.2 Å². The van der Waals surface area contributed by atoms with Gasteiger partial charge >= 0.3 is 6.18 Å². The standard InChI is InChI=1S/C10H4BrF3O2/c11-5-1-2-6-8(3-5)16-4-7(9(6)15)10(12,13)14/h1-4H. The van der Waals surface area contributed by atoms with Crippen LogP contribution >= 0.6 is 15.9 Å². The van der Waals surface area contributed by atoms with Gasteiger partial charge in [-0.15, -0.1) is 0 Å². The van der Waals surface area contributed by atoms with E-state index in [1.807, 2.05) is 0 Å². The molecule has 0 amide bonds. The Hall–Kier alpha value is -1.30. The molecule has 0 saturated heterocycles. The SMILES string of the molecule is O=c1c(C(F)(F)F)coc2cc(Br)ccc12. The summed E-state index contributed by atoms with van der Waals surface area (Å²) in [5, 5.41) is -0.0852. The van der Waals surface area contributed by atoms with Crippen LogP contribution in [0.4, 0.5) is 13.2 Å². The van der Waals surface area contributed by atoms with Crippen LogP contribution in [0.2, 0.25) is 0 Å². The van der Waals surface area contributed by atoms with Gasteiger partial charge in [-0.05, 0) is 18.2 Å². The number of alkyl halides is 3. The summed E-state index contributed by atoms with van der Waals surface area (Å²) in [5.41, 5.74) is -2.24. The number of halogens is 4. The first-order valence-electron chi connectivity index (χ1n) is 4.18. The molecule has 1 aromatic heterocycles. The van der Waals surface area contributed by atoms with Crippen molar-refractivity contribution in [1.29, 1.82) is 0 Å². The Bertz CT molecular complexity index is 601. The molecule has 0 saturated carbocycles. The minimum Gasteiger partial charge on any atom is -0.463 e. The van der Waals surface area contributed by atoms with Gasteiger partial charge < -0.3 is 4.42 Å². The molecule has 0 radical (unpaired) electrons. The maximum atomic E-state index is 12.4. The molecule has 2 rings (SSSR count). The first-order valence-corrected chi connectivity index (χ1v) is 4.97. The highest BCUT2D eigenvalue weighted by Crippen LogP contribution is 2.28. The molecule has 0 aliphatic carbocycles. The van der Waals surface area contributed by atoms with Crippen molar-refractivity contribution < 1.29 is 17.6 Å². The van der Waals surface area contributed by atoms with Gasteiger partial charge in [0, 0.05) is 4.47 Å². The zero-order valence-corrected chi connectivity index (χ0v) is 9.22. The molecular weight excluding hydrogens is 289 g/mol. The molecular formula is C10H4BrF3O2. The van der Waals surface area contributed by atoms with E-state index in [0.717, 1.165) is 0 Å². The van der Waals surface area contributed by atoms with Crippen molar-refractivity contribution in [2.75, 3.05) is 0 Å². The molecule has 0 aliphatic heterocycles. The van der Waals surface area contributed by atoms with Crippen LogP contribution in [0.15, 0.2) is 38.1 Å². The fraction of sp³-hybridized carbons (Fsp3) is 0.100. The predicted molar refractivity (Wildman–Crippen MR) is 55.2 cm³/mol. The molecule has 0 atom stereocenters. The minimum absolute atomic E-state index is 0.0852. The Balaban J connectivity index is 2.81. The number of rotatable bonds is 0. The molecule has 2 aromatic rings. The van der Waals surface area contributed by atoms with E-state index in [2.05, 4.69) is 15.9 Å². The fourth-order valence-corrected chi connectivity index (χ4v) is 1.64. The van der Waals surface area contributed by atoms with Crippen LogP contribution in [-0.4, -0.2) is 0 Å². The van der Waals surface area contributed by atoms with Gasteiger partial charge in [-0.2, -0.15) is 13.2 Å². The average molecular weight is 293 g/mol. The Kier molecular flexibility index (Phi) is 2.53. The number of hydrogen-bond donors (Lipinski definition) is 0. The van der Waals surface area contributed by atoms with E-state index < -0.39 is 17.2 Å². The molecule has 84 valence electrons. The number of hydrogen-bond acceptors (Lipinski definition) is 2. The predicted octanol–water partition coefficient (Wildman–Crippen LogP) is 3.57. The van der Waals surface area contributed by atoms with Gasteiger partial charge in [0.1, 0.15) is 17.4 Å². The summed E-state index contributed by atoms with van der Waals surface area (Å²) in [5.74, 6) is 0. The van der Waals surface area contributed by atoms with Crippen molar-refractivity contribution >= 4 is 26.9 Å². The van der Waals surface area contributed by atoms with Crippen LogP contribution in [0.5, 0.6) is 0 Å². The summed E-state index contributed by atoms with van der Waals surface area (Å²) in [6, 6.07) is 4.22. The first-order chi connectivity index (χ1) is 7.39. The summed E-state index contributed by atoms with van der Waals surface area (Å²) < 4.78 is 42.6. The van der Waals surface area contributed by atoms with Gasteiger partial charge in [-0.1, -0.05) is 15.9 Å². The van der Waals surface area contributed by atoms with Gasteiger partial charge in [-0.3, -0.25) is 4.79 Å². The maximum absolute atomic E-state index is 12.4. The molecule has 1 aromatic carbocycles. The number of benzene rings is 1. The zero-order valence-electron chi connectivity index (χ0n) is 7.64. The van der Waals surface area contributed by atoms with Crippen molar-refractivity contribution in [2.24, 2.45) is 0 Å². The van der Waals surface area contributed by atoms with Gasteiger partial charge in [0.05, 0.1) is 5.39 Å². The summed E-state index contributed by atoms with van der Waals surface area (Å²) in [6.07, 6.45) is -4.25. The van der Waals surface area contributed by atoms with E-state index in [1.165, 1.54) is 18.2 Å². The molecule has 0 N–H and O–H groups in total. The molecule has 0 unspecified atom stereocenters. The second-order valence-corrected chi connectivity index (χ2v) is 4.03. The van der Waals surface area contributed by atoms with Crippen LogP contribution in [0.1, 0.15) is 5.56 Å². The molecule has 16 heavy (non-hydrogen) atoms. The van der Waals surface area contributed by atoms with E-state index in [4.69, 9.17) is 4.42 Å². The van der Waals surface area contributed by atoms with Crippen LogP contribution < -0.4 is 5.43 Å². The van der Waals surface area contributed by atoms with Crippen molar-refractivity contribution in [1.82, 2.24) is 0 Å². The molecule has 0 spiro atoms. The van der Waals surface area contributed by atoms with Crippen molar-refractivity contribution in [3.05, 3.63) is 44.7 Å². The van der Waals surface area contributed by atoms with Gasteiger partial charge in [0.15, 0.2) is 0 Å². The summed E-state index contributed by atoms with van der Waals surface area (Å²) in [4.78, 5) is 11.5. The Morgan fingerprint density at radius 2 is 1.94 bits per heavy atom. The summed E-state index contributed by atoms with van der Waals surface area (Å²) in [7, 11) is 0. The van der Waals surface area contributed by atoms with Crippen molar-refractivity contribution in [3.8, 4) is 0 Å². The average Bonchev–Trinajstić information content (AvgIpc) is 2.15. The van der Waals surface area contributed by atoms with E-state index in [1.54, 1.807) is 0 Å². The molecule has 6 heteroatoms. The lowest BCUT2D eigenvalue weighted by Gasteiger charge is -2.05. The van der Waals surface area contributed by atoms with Crippen LogP contribution in [0, 0.1) is 0 Å². The van der Waals surface area contributed by atoms with Crippen molar-refractivity contribution in [3.63, 3.8) is 0 Å². The third kappa shape index (κ3) is 1.84. The van der Waals surface area contributed by atoms with Gasteiger partial charge in [0.2, 0.25) is 5.43 Å². The second-order valence-electron chi connectivity index (χ2n) is 3.12. The van der Waals surface area contributed by atoms with Gasteiger partial charge in [0.25, 0.3) is 0 Å². The highest BCUT2D eigenvalue weighted by molar-refractivity contribution is 9.10. The second kappa shape index (κ2) is 3.62. The lowest BCUT2D eigenvalue weighted by molar-refractivity contribution is -0.139. The van der Waals surface area contributed by atoms with Crippen LogP contribution in [0.25, 0.3) is 11.0 Å². The molecule has 0 aliphatic rings. The van der Waals surface area contributed by atoms with E-state index >= 15 is 0 Å². The lowest BCUT2D eigenvalue weighted by Crippen LogP contribution is -2.18. The van der Waals surface area contributed by atoms with E-state index in [-0.39, 0.29) is 11.0 Å². The molecule has 2 nitrogen and oxygen atoms in total. The van der Waals surface area contributed by atoms with E-state index in [9.17, 15) is 18.0 Å². The Morgan fingerprint density at radius 1 is 1.25 bits per heavy atom. The monoisotopic (exact) mass is 292 g/mol. The normalized spacial score (nSPS) is 12.0. The fourth-order valence-electron chi connectivity index (χ4n) is 1.30. The summed E-state index contributed by atoms with van der Waals surface area (Å²) >= 11 is 3.13. The van der Waals surface area contributed by atoms with Gasteiger partial charge in [-0.25, -0.2) is 0 Å². The maximum Gasteiger partial charge on any atom is 0.423 e. The highest BCUT2D eigenvalue weighted by Gasteiger charge is 2.35. The Labute approximate surface area is 95.8 Å². The highest BCUT2D eigenvalue weighted by atomic mass is 79.9. The lowest BCUT2D eigenvalue weighted by atomic mass is 10.2. The smallest absolute Gasteiger partial charge is 0.423 e. The minimum atomic E-state index is -4.69. The quantitative estimate of drug-likeness (QED) is 0.743. The molecule has 1 heterocycles. The zero-order chi connectivity index (χ0) is 11.9. The summed E-state index contributed by atoms with van der Waals surface area (Å²) in [6.45, 7) is 0. The molecule has 0 bridgehead atoms. The molecule has 0 fully saturated rings.